The van der Waals surface area contributed by atoms with Crippen LogP contribution in [0.3, 0.4) is 0 Å². The second-order valence-electron chi connectivity index (χ2n) is 4.39. The van der Waals surface area contributed by atoms with Gasteiger partial charge in [0.25, 0.3) is 0 Å². The molecular weight excluding hydrogens is 218 g/mol. The van der Waals surface area contributed by atoms with Crippen molar-refractivity contribution in [2.45, 2.75) is 38.3 Å². The molecule has 0 saturated heterocycles. The molecule has 0 radical (unpaired) electrons. The number of rotatable bonds is 4. The minimum absolute atomic E-state index is 0.360. The van der Waals surface area contributed by atoms with Crippen LogP contribution in [0.15, 0.2) is 6.07 Å². The number of aromatic nitrogens is 2. The van der Waals surface area contributed by atoms with Crippen molar-refractivity contribution in [3.05, 3.63) is 11.8 Å². The zero-order valence-corrected chi connectivity index (χ0v) is 10.6. The lowest BCUT2D eigenvalue weighted by Gasteiger charge is -2.13. The van der Waals surface area contributed by atoms with Gasteiger partial charge in [-0.15, -0.1) is 0 Å². The molecule has 0 aliphatic heterocycles. The highest BCUT2D eigenvalue weighted by atomic mass is 16.5. The molecule has 0 amide bonds. The Morgan fingerprint density at radius 3 is 2.76 bits per heavy atom. The number of aryl methyl sites for hydroxylation is 1. The summed E-state index contributed by atoms with van der Waals surface area (Å²) in [5, 5.41) is 3.34. The van der Waals surface area contributed by atoms with Crippen LogP contribution in [-0.4, -0.2) is 36.3 Å². The van der Waals surface area contributed by atoms with E-state index < -0.39 is 0 Å². The Kier molecular flexibility index (Phi) is 3.78. The van der Waals surface area contributed by atoms with Crippen LogP contribution in [0.1, 0.15) is 25.0 Å². The fourth-order valence-corrected chi connectivity index (χ4v) is 2.18. The maximum absolute atomic E-state index is 5.34. The second kappa shape index (κ2) is 5.31. The molecular formula is C12H19N3O2. The number of nitrogens with one attached hydrogen (secondary N) is 1. The average Bonchev–Trinajstić information content (AvgIpc) is 2.76. The van der Waals surface area contributed by atoms with E-state index in [1.54, 1.807) is 14.2 Å². The Morgan fingerprint density at radius 1 is 1.29 bits per heavy atom. The van der Waals surface area contributed by atoms with Crippen molar-refractivity contribution in [1.82, 2.24) is 9.97 Å². The summed E-state index contributed by atoms with van der Waals surface area (Å²) in [5.74, 6) is 1.24. The average molecular weight is 237 g/mol. The summed E-state index contributed by atoms with van der Waals surface area (Å²) >= 11 is 0. The fourth-order valence-electron chi connectivity index (χ4n) is 2.18. The number of nitrogens with zero attached hydrogens (tertiary/aromatic N) is 2. The second-order valence-corrected chi connectivity index (χ2v) is 4.39. The van der Waals surface area contributed by atoms with Gasteiger partial charge in [0, 0.05) is 24.9 Å². The van der Waals surface area contributed by atoms with Gasteiger partial charge in [0.1, 0.15) is 0 Å². The van der Waals surface area contributed by atoms with Crippen LogP contribution in [-0.2, 0) is 4.74 Å². The van der Waals surface area contributed by atoms with Gasteiger partial charge in [0.2, 0.25) is 11.8 Å². The summed E-state index contributed by atoms with van der Waals surface area (Å²) in [7, 11) is 3.38. The molecule has 5 nitrogen and oxygen atoms in total. The number of anilines is 1. The summed E-state index contributed by atoms with van der Waals surface area (Å²) in [6, 6.07) is 2.21. The van der Waals surface area contributed by atoms with Crippen molar-refractivity contribution < 1.29 is 9.47 Å². The molecule has 1 heterocycles. The van der Waals surface area contributed by atoms with E-state index >= 15 is 0 Å². The third-order valence-corrected chi connectivity index (χ3v) is 3.09. The van der Waals surface area contributed by atoms with E-state index in [9.17, 15) is 0 Å². The predicted molar refractivity (Wildman–Crippen MR) is 65.4 cm³/mol. The van der Waals surface area contributed by atoms with Gasteiger partial charge in [-0.2, -0.15) is 4.98 Å². The van der Waals surface area contributed by atoms with Crippen LogP contribution >= 0.6 is 0 Å². The first kappa shape index (κ1) is 12.1. The van der Waals surface area contributed by atoms with E-state index in [1.807, 2.05) is 13.0 Å². The number of ether oxygens (including phenoxy) is 2. The molecule has 0 bridgehead atoms. The SMILES string of the molecule is COc1cc(C)nc(NC2CCC(OC)C2)n1. The van der Waals surface area contributed by atoms with Crippen LogP contribution in [0.5, 0.6) is 5.88 Å². The van der Waals surface area contributed by atoms with E-state index in [4.69, 9.17) is 9.47 Å². The highest BCUT2D eigenvalue weighted by Gasteiger charge is 2.24. The zero-order valence-electron chi connectivity index (χ0n) is 10.6. The Bertz CT molecular complexity index is 384. The standard InChI is InChI=1S/C12H19N3O2/c1-8-6-11(17-3)15-12(13-8)14-9-4-5-10(7-9)16-2/h6,9-10H,4-5,7H2,1-3H3,(H,13,14,15). The lowest BCUT2D eigenvalue weighted by Crippen LogP contribution is -2.19. The molecule has 1 aromatic rings. The highest BCUT2D eigenvalue weighted by molar-refractivity contribution is 5.32. The van der Waals surface area contributed by atoms with Crippen LogP contribution in [0.4, 0.5) is 5.95 Å². The highest BCUT2D eigenvalue weighted by Crippen LogP contribution is 2.24. The van der Waals surface area contributed by atoms with Crippen LogP contribution in [0, 0.1) is 6.92 Å². The number of hydrogen-bond donors (Lipinski definition) is 1. The lowest BCUT2D eigenvalue weighted by molar-refractivity contribution is 0.108. The third-order valence-electron chi connectivity index (χ3n) is 3.09. The van der Waals surface area contributed by atoms with Gasteiger partial charge in [0.15, 0.2) is 0 Å². The minimum Gasteiger partial charge on any atom is -0.481 e. The van der Waals surface area contributed by atoms with E-state index in [1.165, 1.54) is 0 Å². The summed E-state index contributed by atoms with van der Waals surface area (Å²) in [5.41, 5.74) is 0.903. The van der Waals surface area contributed by atoms with Gasteiger partial charge in [-0.25, -0.2) is 4.98 Å². The first-order chi connectivity index (χ1) is 8.21. The fraction of sp³-hybridized carbons (Fsp3) is 0.667. The van der Waals surface area contributed by atoms with Crippen LogP contribution in [0.2, 0.25) is 0 Å². The molecule has 0 aromatic carbocycles. The van der Waals surface area contributed by atoms with Gasteiger partial charge in [-0.1, -0.05) is 0 Å². The van der Waals surface area contributed by atoms with Gasteiger partial charge in [0.05, 0.1) is 13.2 Å². The Hall–Kier alpha value is -1.36. The molecule has 1 N–H and O–H groups in total. The van der Waals surface area contributed by atoms with E-state index in [2.05, 4.69) is 15.3 Å². The molecule has 2 unspecified atom stereocenters. The molecule has 1 saturated carbocycles. The number of hydrogen-bond acceptors (Lipinski definition) is 5. The normalized spacial score (nSPS) is 23.7. The van der Waals surface area contributed by atoms with Crippen molar-refractivity contribution >= 4 is 5.95 Å². The van der Waals surface area contributed by atoms with Crippen molar-refractivity contribution in [2.24, 2.45) is 0 Å². The maximum Gasteiger partial charge on any atom is 0.226 e. The zero-order chi connectivity index (χ0) is 12.3. The first-order valence-corrected chi connectivity index (χ1v) is 5.90. The molecule has 1 aromatic heterocycles. The topological polar surface area (TPSA) is 56.3 Å². The van der Waals surface area contributed by atoms with Crippen molar-refractivity contribution in [3.63, 3.8) is 0 Å². The molecule has 5 heteroatoms. The van der Waals surface area contributed by atoms with Crippen molar-refractivity contribution in [2.75, 3.05) is 19.5 Å². The van der Waals surface area contributed by atoms with Gasteiger partial charge in [-0.3, -0.25) is 0 Å². The van der Waals surface area contributed by atoms with E-state index in [0.29, 0.717) is 24.0 Å². The van der Waals surface area contributed by atoms with E-state index in [0.717, 1.165) is 25.0 Å². The van der Waals surface area contributed by atoms with Crippen LogP contribution < -0.4 is 10.1 Å². The van der Waals surface area contributed by atoms with Crippen LogP contribution in [0.25, 0.3) is 0 Å². The molecule has 1 aliphatic rings. The molecule has 17 heavy (non-hydrogen) atoms. The molecule has 1 fully saturated rings. The van der Waals surface area contributed by atoms with Gasteiger partial charge < -0.3 is 14.8 Å². The summed E-state index contributed by atoms with van der Waals surface area (Å²) in [4.78, 5) is 8.63. The molecule has 2 rings (SSSR count). The van der Waals surface area contributed by atoms with Crippen molar-refractivity contribution in [3.8, 4) is 5.88 Å². The Labute approximate surface area is 102 Å². The monoisotopic (exact) mass is 237 g/mol. The first-order valence-electron chi connectivity index (χ1n) is 5.90. The lowest BCUT2D eigenvalue weighted by atomic mass is 10.2. The third kappa shape index (κ3) is 3.06. The smallest absolute Gasteiger partial charge is 0.226 e. The molecule has 0 spiro atoms. The molecule has 1 aliphatic carbocycles. The molecule has 2 atom stereocenters. The van der Waals surface area contributed by atoms with Gasteiger partial charge >= 0.3 is 0 Å². The molecule has 94 valence electrons. The van der Waals surface area contributed by atoms with Gasteiger partial charge in [-0.05, 0) is 26.2 Å². The number of methoxy groups -OCH3 is 2. The summed E-state index contributed by atoms with van der Waals surface area (Å²) < 4.78 is 10.5. The summed E-state index contributed by atoms with van der Waals surface area (Å²) in [6.45, 7) is 1.93. The predicted octanol–water partition coefficient (Wildman–Crippen LogP) is 1.77. The Morgan fingerprint density at radius 2 is 2.12 bits per heavy atom. The maximum atomic E-state index is 5.34. The minimum atomic E-state index is 0.360. The largest absolute Gasteiger partial charge is 0.481 e. The quantitative estimate of drug-likeness (QED) is 0.865. The summed E-state index contributed by atoms with van der Waals surface area (Å²) in [6.07, 6.45) is 3.56. The van der Waals surface area contributed by atoms with Crippen molar-refractivity contribution in [1.29, 1.82) is 0 Å². The van der Waals surface area contributed by atoms with E-state index in [-0.39, 0.29) is 0 Å². The Balaban J connectivity index is 2.01.